The Balaban J connectivity index is 2.50. The van der Waals surface area contributed by atoms with E-state index >= 15 is 0 Å². The van der Waals surface area contributed by atoms with Crippen molar-refractivity contribution < 1.29 is 8.42 Å². The molecule has 110 valence electrons. The summed E-state index contributed by atoms with van der Waals surface area (Å²) < 4.78 is 27.2. The lowest BCUT2D eigenvalue weighted by molar-refractivity contribution is 0.581. The molecule has 9 nitrogen and oxygen atoms in total. The normalized spacial score (nSPS) is 12.2. The van der Waals surface area contributed by atoms with E-state index in [0.29, 0.717) is 0 Å². The topological polar surface area (TPSA) is 119 Å². The maximum absolute atomic E-state index is 11.9. The van der Waals surface area contributed by atoms with Gasteiger partial charge < -0.3 is 4.98 Å². The van der Waals surface area contributed by atoms with Crippen molar-refractivity contribution in [3.8, 4) is 0 Å². The van der Waals surface area contributed by atoms with Crippen molar-refractivity contribution in [2.24, 2.45) is 14.1 Å². The Hall–Kier alpha value is -1.94. The number of hydrogen-bond donors (Lipinski definition) is 2. The van der Waals surface area contributed by atoms with Gasteiger partial charge in [0.2, 0.25) is 10.0 Å². The molecule has 2 N–H and O–H groups in total. The van der Waals surface area contributed by atoms with Gasteiger partial charge in [-0.3, -0.25) is 13.9 Å². The molecule has 2 aromatic rings. The quantitative estimate of drug-likeness (QED) is 0.705. The van der Waals surface area contributed by atoms with E-state index in [1.165, 1.54) is 25.6 Å². The molecule has 0 aliphatic heterocycles. The third-order valence-corrected chi connectivity index (χ3v) is 4.33. The summed E-state index contributed by atoms with van der Waals surface area (Å²) >= 11 is 0. The molecule has 0 unspecified atom stereocenters. The van der Waals surface area contributed by atoms with Crippen LogP contribution in [0, 0.1) is 0 Å². The fraction of sp³-hybridized carbons (Fsp3) is 0.500. The van der Waals surface area contributed by atoms with E-state index in [1.807, 2.05) is 0 Å². The van der Waals surface area contributed by atoms with Crippen LogP contribution < -0.4 is 16.0 Å². The highest BCUT2D eigenvalue weighted by Crippen LogP contribution is 2.04. The van der Waals surface area contributed by atoms with E-state index in [-0.39, 0.29) is 29.3 Å². The lowest BCUT2D eigenvalue weighted by atomic mass is 10.5. The summed E-state index contributed by atoms with van der Waals surface area (Å²) in [7, 11) is -0.497. The van der Waals surface area contributed by atoms with Gasteiger partial charge in [-0.25, -0.2) is 22.9 Å². The lowest BCUT2D eigenvalue weighted by Gasteiger charge is -2.01. The largest absolute Gasteiger partial charge is 0.335 e. The first-order chi connectivity index (χ1) is 9.26. The number of fused-ring (bicyclic) bond motifs is 1. The second-order valence-corrected chi connectivity index (χ2v) is 6.41. The molecule has 2 aromatic heterocycles. The van der Waals surface area contributed by atoms with Crippen LogP contribution in [0.3, 0.4) is 0 Å². The highest BCUT2D eigenvalue weighted by atomic mass is 32.2. The van der Waals surface area contributed by atoms with Crippen molar-refractivity contribution in [2.45, 2.75) is 13.5 Å². The number of aromatic amines is 1. The summed E-state index contributed by atoms with van der Waals surface area (Å²) in [4.78, 5) is 30.5. The summed E-state index contributed by atoms with van der Waals surface area (Å²) in [6, 6.07) is 0. The van der Waals surface area contributed by atoms with Crippen molar-refractivity contribution in [1.29, 1.82) is 0 Å². The second kappa shape index (κ2) is 4.87. The molecule has 0 aromatic carbocycles. The lowest BCUT2D eigenvalue weighted by Crippen LogP contribution is -2.36. The van der Waals surface area contributed by atoms with Gasteiger partial charge in [-0.2, -0.15) is 0 Å². The Kier molecular flexibility index (Phi) is 3.52. The Morgan fingerprint density at radius 1 is 1.25 bits per heavy atom. The molecule has 2 rings (SSSR count). The minimum Gasteiger partial charge on any atom is -0.335 e. The van der Waals surface area contributed by atoms with Crippen LogP contribution >= 0.6 is 0 Å². The average Bonchev–Trinajstić information content (AvgIpc) is 2.85. The zero-order chi connectivity index (χ0) is 15.1. The second-order valence-electron chi connectivity index (χ2n) is 4.31. The van der Waals surface area contributed by atoms with Gasteiger partial charge in [-0.1, -0.05) is 0 Å². The van der Waals surface area contributed by atoms with Gasteiger partial charge in [0.25, 0.3) is 5.56 Å². The van der Waals surface area contributed by atoms with Crippen molar-refractivity contribution in [1.82, 2.24) is 23.8 Å². The molecule has 0 radical (unpaired) electrons. The van der Waals surface area contributed by atoms with Gasteiger partial charge in [0.15, 0.2) is 5.65 Å². The molecule has 0 aliphatic rings. The summed E-state index contributed by atoms with van der Waals surface area (Å²) in [5, 5.41) is 0. The van der Waals surface area contributed by atoms with E-state index in [2.05, 4.69) is 14.7 Å². The van der Waals surface area contributed by atoms with Gasteiger partial charge in [-0.15, -0.1) is 0 Å². The number of aryl methyl sites for hydroxylation is 1. The number of H-pyrrole nitrogens is 1. The van der Waals surface area contributed by atoms with Crippen LogP contribution in [0.2, 0.25) is 0 Å². The Labute approximate surface area is 114 Å². The minimum atomic E-state index is -3.35. The first-order valence-electron chi connectivity index (χ1n) is 5.88. The zero-order valence-electron chi connectivity index (χ0n) is 11.3. The third-order valence-electron chi connectivity index (χ3n) is 2.98. The number of sulfonamides is 1. The molecule has 0 fully saturated rings. The SMILES string of the molecule is CCS(=O)(=O)NCc1nc2c([nH]1)c(=O)n(C)c(=O)n2C. The number of aromatic nitrogens is 4. The number of nitrogens with one attached hydrogen (secondary N) is 2. The molecule has 10 heteroatoms. The Bertz CT molecular complexity index is 873. The molecule has 0 saturated carbocycles. The van der Waals surface area contributed by atoms with Gasteiger partial charge in [-0.05, 0) is 6.92 Å². The molecule has 0 amide bonds. The summed E-state index contributed by atoms with van der Waals surface area (Å²) in [5.74, 6) is 0.225. The molecular formula is C10H15N5O4S. The fourth-order valence-electron chi connectivity index (χ4n) is 1.74. The molecule has 0 bridgehead atoms. The van der Waals surface area contributed by atoms with Crippen molar-refractivity contribution in [3.63, 3.8) is 0 Å². The third kappa shape index (κ3) is 2.39. The van der Waals surface area contributed by atoms with E-state index in [9.17, 15) is 18.0 Å². The highest BCUT2D eigenvalue weighted by molar-refractivity contribution is 7.89. The molecule has 0 saturated heterocycles. The standard InChI is InChI=1S/C10H15N5O4S/c1-4-20(18,19)11-5-6-12-7-8(13-6)14(2)10(17)15(3)9(7)16/h11H,4-5H2,1-3H3,(H,12,13). The Morgan fingerprint density at radius 2 is 1.90 bits per heavy atom. The van der Waals surface area contributed by atoms with Crippen LogP contribution in [-0.4, -0.2) is 33.3 Å². The summed E-state index contributed by atoms with van der Waals surface area (Å²) in [6.45, 7) is 1.45. The van der Waals surface area contributed by atoms with E-state index in [4.69, 9.17) is 0 Å². The van der Waals surface area contributed by atoms with Crippen LogP contribution in [0.4, 0.5) is 0 Å². The van der Waals surface area contributed by atoms with Crippen LogP contribution in [0.15, 0.2) is 9.59 Å². The number of hydrogen-bond acceptors (Lipinski definition) is 5. The first kappa shape index (κ1) is 14.5. The maximum atomic E-state index is 11.9. The minimum absolute atomic E-state index is 0.0481. The van der Waals surface area contributed by atoms with Gasteiger partial charge in [0.05, 0.1) is 12.3 Å². The van der Waals surface area contributed by atoms with E-state index in [0.717, 1.165) is 4.57 Å². The van der Waals surface area contributed by atoms with E-state index in [1.54, 1.807) is 0 Å². The molecule has 20 heavy (non-hydrogen) atoms. The smallest absolute Gasteiger partial charge is 0.332 e. The number of imidazole rings is 1. The van der Waals surface area contributed by atoms with E-state index < -0.39 is 21.3 Å². The molecule has 2 heterocycles. The average molecular weight is 301 g/mol. The summed E-state index contributed by atoms with van der Waals surface area (Å²) in [5.41, 5.74) is -0.626. The molecular weight excluding hydrogens is 286 g/mol. The van der Waals surface area contributed by atoms with Crippen LogP contribution in [0.1, 0.15) is 12.7 Å². The maximum Gasteiger partial charge on any atom is 0.332 e. The predicted molar refractivity (Wildman–Crippen MR) is 72.9 cm³/mol. The highest BCUT2D eigenvalue weighted by Gasteiger charge is 2.14. The van der Waals surface area contributed by atoms with Crippen LogP contribution in [0.25, 0.3) is 11.2 Å². The van der Waals surface area contributed by atoms with Gasteiger partial charge in [0, 0.05) is 14.1 Å². The van der Waals surface area contributed by atoms with Gasteiger partial charge >= 0.3 is 5.69 Å². The molecule has 0 atom stereocenters. The van der Waals surface area contributed by atoms with Crippen LogP contribution in [-0.2, 0) is 30.7 Å². The Morgan fingerprint density at radius 3 is 2.50 bits per heavy atom. The predicted octanol–water partition coefficient (Wildman–Crippen LogP) is -1.60. The molecule has 0 spiro atoms. The molecule has 0 aliphatic carbocycles. The zero-order valence-corrected chi connectivity index (χ0v) is 12.1. The van der Waals surface area contributed by atoms with Crippen molar-refractivity contribution >= 4 is 21.2 Å². The van der Waals surface area contributed by atoms with Crippen molar-refractivity contribution in [3.05, 3.63) is 26.7 Å². The first-order valence-corrected chi connectivity index (χ1v) is 7.54. The van der Waals surface area contributed by atoms with Crippen LogP contribution in [0.5, 0.6) is 0 Å². The monoisotopic (exact) mass is 301 g/mol. The van der Waals surface area contributed by atoms with Crippen molar-refractivity contribution in [2.75, 3.05) is 5.75 Å². The number of nitrogens with zero attached hydrogens (tertiary/aromatic N) is 3. The summed E-state index contributed by atoms with van der Waals surface area (Å²) in [6.07, 6.45) is 0. The number of rotatable bonds is 4. The van der Waals surface area contributed by atoms with Gasteiger partial charge in [0.1, 0.15) is 11.3 Å². The fourth-order valence-corrected chi connectivity index (χ4v) is 2.30.